The van der Waals surface area contributed by atoms with Crippen molar-refractivity contribution >= 4 is 33.6 Å². The molecule has 2 aromatic rings. The van der Waals surface area contributed by atoms with Gasteiger partial charge in [-0.25, -0.2) is 4.79 Å². The van der Waals surface area contributed by atoms with E-state index in [2.05, 4.69) is 0 Å². The van der Waals surface area contributed by atoms with Crippen LogP contribution in [-0.4, -0.2) is 5.11 Å². The smallest absolute Gasteiger partial charge is 0.354 e. The summed E-state index contributed by atoms with van der Waals surface area (Å²) in [6.07, 6.45) is 0. The van der Waals surface area contributed by atoms with Crippen molar-refractivity contribution in [3.63, 3.8) is 0 Å². The lowest BCUT2D eigenvalue weighted by molar-refractivity contribution is 0.468. The molecule has 0 bridgehead atoms. The van der Waals surface area contributed by atoms with Gasteiger partial charge in [0.2, 0.25) is 0 Å². The summed E-state index contributed by atoms with van der Waals surface area (Å²) in [4.78, 5) is 11.3. The van der Waals surface area contributed by atoms with E-state index in [1.807, 2.05) is 22.6 Å². The number of halogens is 1. The predicted octanol–water partition coefficient (Wildman–Crippen LogP) is 1.97. The minimum absolute atomic E-state index is 0.0380. The van der Waals surface area contributed by atoms with E-state index in [0.29, 0.717) is 14.5 Å². The minimum atomic E-state index is -0.687. The molecule has 0 aliphatic heterocycles. The van der Waals surface area contributed by atoms with Crippen molar-refractivity contribution in [3.05, 3.63) is 37.8 Å². The molecule has 1 aromatic carbocycles. The van der Waals surface area contributed by atoms with E-state index in [4.69, 9.17) is 9.68 Å². The van der Waals surface area contributed by atoms with Crippen LogP contribution in [0.1, 0.15) is 5.56 Å². The fourth-order valence-electron chi connectivity index (χ4n) is 1.22. The number of nitrogens with zero attached hydrogens (tertiary/aromatic N) is 1. The number of hydrogen-bond acceptors (Lipinski definition) is 4. The van der Waals surface area contributed by atoms with Gasteiger partial charge in [-0.2, -0.15) is 5.26 Å². The van der Waals surface area contributed by atoms with Gasteiger partial charge >= 0.3 is 5.63 Å². The molecule has 2 rings (SSSR count). The Morgan fingerprint density at radius 3 is 2.87 bits per heavy atom. The van der Waals surface area contributed by atoms with Crippen molar-refractivity contribution < 1.29 is 9.52 Å². The molecule has 0 spiro atoms. The molecule has 5 heteroatoms. The molecular weight excluding hydrogens is 309 g/mol. The van der Waals surface area contributed by atoms with Crippen LogP contribution in [0, 0.1) is 14.9 Å². The molecule has 1 N–H and O–H groups in total. The summed E-state index contributed by atoms with van der Waals surface area (Å²) in [6.45, 7) is 0. The van der Waals surface area contributed by atoms with Crippen LogP contribution < -0.4 is 5.63 Å². The Morgan fingerprint density at radius 2 is 2.20 bits per heavy atom. The van der Waals surface area contributed by atoms with Gasteiger partial charge in [0.25, 0.3) is 0 Å². The van der Waals surface area contributed by atoms with Crippen molar-refractivity contribution in [2.45, 2.75) is 0 Å². The molecule has 0 radical (unpaired) electrons. The number of benzene rings is 1. The van der Waals surface area contributed by atoms with Crippen LogP contribution in [0.15, 0.2) is 27.4 Å². The summed E-state index contributed by atoms with van der Waals surface area (Å²) in [7, 11) is 0. The van der Waals surface area contributed by atoms with Crippen molar-refractivity contribution in [3.8, 4) is 11.8 Å². The van der Waals surface area contributed by atoms with Gasteiger partial charge in [-0.15, -0.1) is 0 Å². The average molecular weight is 313 g/mol. The molecule has 0 atom stereocenters. The molecule has 0 fully saturated rings. The van der Waals surface area contributed by atoms with Crippen molar-refractivity contribution in [1.82, 2.24) is 0 Å². The van der Waals surface area contributed by atoms with Gasteiger partial charge in [-0.3, -0.25) is 0 Å². The maximum absolute atomic E-state index is 11.3. The first-order valence-electron chi connectivity index (χ1n) is 3.99. The summed E-state index contributed by atoms with van der Waals surface area (Å²) in [5.41, 5.74) is -0.419. The number of aromatic hydroxyl groups is 1. The third kappa shape index (κ3) is 1.57. The quantitative estimate of drug-likeness (QED) is 0.596. The Balaban J connectivity index is 2.95. The van der Waals surface area contributed by atoms with Gasteiger partial charge in [-0.1, -0.05) is 0 Å². The second kappa shape index (κ2) is 3.55. The molecule has 0 aliphatic rings. The van der Waals surface area contributed by atoms with Crippen LogP contribution in [0.4, 0.5) is 0 Å². The molecule has 0 unspecified atom stereocenters. The Morgan fingerprint density at radius 1 is 1.47 bits per heavy atom. The van der Waals surface area contributed by atoms with E-state index in [1.54, 1.807) is 12.1 Å². The summed E-state index contributed by atoms with van der Waals surface area (Å²) in [5, 5.41) is 18.7. The van der Waals surface area contributed by atoms with Gasteiger partial charge in [0.15, 0.2) is 5.58 Å². The van der Waals surface area contributed by atoms with E-state index < -0.39 is 5.63 Å². The van der Waals surface area contributed by atoms with Crippen LogP contribution in [-0.2, 0) is 0 Å². The predicted molar refractivity (Wildman–Crippen MR) is 61.6 cm³/mol. The SMILES string of the molecule is N#Cc1cc2ccc(O)c(I)c2oc1=O. The fourth-order valence-corrected chi connectivity index (χ4v) is 1.82. The Bertz CT molecular complexity index is 639. The molecule has 1 heterocycles. The van der Waals surface area contributed by atoms with Crippen molar-refractivity contribution in [2.24, 2.45) is 0 Å². The fraction of sp³-hybridized carbons (Fsp3) is 0. The Labute approximate surface area is 97.9 Å². The molecular formula is C10H4INO3. The third-order valence-corrected chi connectivity index (χ3v) is 2.98. The first-order valence-corrected chi connectivity index (χ1v) is 5.07. The van der Waals surface area contributed by atoms with Gasteiger partial charge in [0.1, 0.15) is 17.4 Å². The van der Waals surface area contributed by atoms with E-state index >= 15 is 0 Å². The first kappa shape index (κ1) is 9.98. The molecule has 0 saturated heterocycles. The zero-order valence-electron chi connectivity index (χ0n) is 7.32. The number of rotatable bonds is 0. The van der Waals surface area contributed by atoms with Crippen molar-refractivity contribution in [2.75, 3.05) is 0 Å². The van der Waals surface area contributed by atoms with E-state index in [-0.39, 0.29) is 11.3 Å². The average Bonchev–Trinajstić information content (AvgIpc) is 2.24. The van der Waals surface area contributed by atoms with Crippen LogP contribution in [0.2, 0.25) is 0 Å². The maximum Gasteiger partial charge on any atom is 0.354 e. The molecule has 1 aromatic heterocycles. The monoisotopic (exact) mass is 313 g/mol. The number of phenols is 1. The van der Waals surface area contributed by atoms with Gasteiger partial charge in [0, 0.05) is 5.39 Å². The summed E-state index contributed by atoms with van der Waals surface area (Å²) in [5.74, 6) is 0.0518. The van der Waals surface area contributed by atoms with Crippen LogP contribution in [0.5, 0.6) is 5.75 Å². The highest BCUT2D eigenvalue weighted by molar-refractivity contribution is 14.1. The lowest BCUT2D eigenvalue weighted by Crippen LogP contribution is -2.03. The summed E-state index contributed by atoms with van der Waals surface area (Å²) in [6, 6.07) is 6.28. The van der Waals surface area contributed by atoms with E-state index in [0.717, 1.165) is 0 Å². The van der Waals surface area contributed by atoms with Gasteiger partial charge in [0.05, 0.1) is 3.57 Å². The van der Waals surface area contributed by atoms with Gasteiger partial charge in [-0.05, 0) is 40.8 Å². The number of fused-ring (bicyclic) bond motifs is 1. The lowest BCUT2D eigenvalue weighted by Gasteiger charge is -2.01. The Hall–Kier alpha value is -1.55. The highest BCUT2D eigenvalue weighted by atomic mass is 127. The largest absolute Gasteiger partial charge is 0.507 e. The summed E-state index contributed by atoms with van der Waals surface area (Å²) < 4.78 is 5.41. The standard InChI is InChI=1S/C10H4INO3/c11-8-7(13)2-1-5-3-6(4-12)10(14)15-9(5)8/h1-3,13H. The van der Waals surface area contributed by atoms with Crippen LogP contribution >= 0.6 is 22.6 Å². The second-order valence-electron chi connectivity index (χ2n) is 2.88. The second-order valence-corrected chi connectivity index (χ2v) is 3.96. The first-order chi connectivity index (χ1) is 7.13. The maximum atomic E-state index is 11.3. The molecule has 0 aliphatic carbocycles. The zero-order chi connectivity index (χ0) is 11.0. The zero-order valence-corrected chi connectivity index (χ0v) is 9.48. The highest BCUT2D eigenvalue weighted by Crippen LogP contribution is 2.27. The van der Waals surface area contributed by atoms with E-state index in [9.17, 15) is 9.90 Å². The Kier molecular flexibility index (Phi) is 2.36. The van der Waals surface area contributed by atoms with Crippen LogP contribution in [0.25, 0.3) is 11.0 Å². The number of nitriles is 1. The molecule has 15 heavy (non-hydrogen) atoms. The number of hydrogen-bond donors (Lipinski definition) is 1. The number of phenolic OH excluding ortho intramolecular Hbond substituents is 1. The molecule has 0 amide bonds. The molecule has 0 saturated carbocycles. The topological polar surface area (TPSA) is 74.2 Å². The lowest BCUT2D eigenvalue weighted by atomic mass is 10.2. The van der Waals surface area contributed by atoms with Crippen molar-refractivity contribution in [1.29, 1.82) is 5.26 Å². The highest BCUT2D eigenvalue weighted by Gasteiger charge is 2.09. The third-order valence-electron chi connectivity index (χ3n) is 1.94. The summed E-state index contributed by atoms with van der Waals surface area (Å²) >= 11 is 1.88. The minimum Gasteiger partial charge on any atom is -0.507 e. The van der Waals surface area contributed by atoms with E-state index in [1.165, 1.54) is 12.1 Å². The van der Waals surface area contributed by atoms with Gasteiger partial charge < -0.3 is 9.52 Å². The molecule has 74 valence electrons. The van der Waals surface area contributed by atoms with Crippen LogP contribution in [0.3, 0.4) is 0 Å². The molecule has 4 nitrogen and oxygen atoms in total. The normalized spacial score (nSPS) is 10.1.